The van der Waals surface area contributed by atoms with E-state index in [1.54, 1.807) is 0 Å². The molecule has 0 atom stereocenters. The number of halogens is 2. The normalized spacial score (nSPS) is 13.5. The van der Waals surface area contributed by atoms with Gasteiger partial charge in [0, 0.05) is 0 Å². The topological polar surface area (TPSA) is 43.4 Å². The SMILES string of the molecule is CCCCc1c(Cl)c(Cl)c(CCCC)c2c1C(=O)OC2=O. The second kappa shape index (κ2) is 6.80. The second-order valence-electron chi connectivity index (χ2n) is 5.22. The van der Waals surface area contributed by atoms with Crippen LogP contribution in [0.1, 0.15) is 71.4 Å². The van der Waals surface area contributed by atoms with Crippen molar-refractivity contribution in [1.82, 2.24) is 0 Å². The zero-order valence-electron chi connectivity index (χ0n) is 12.2. The first-order chi connectivity index (χ1) is 10.0. The van der Waals surface area contributed by atoms with Crippen LogP contribution < -0.4 is 0 Å². The van der Waals surface area contributed by atoms with Gasteiger partial charge < -0.3 is 4.74 Å². The van der Waals surface area contributed by atoms with E-state index in [1.807, 2.05) is 0 Å². The lowest BCUT2D eigenvalue weighted by molar-refractivity contribution is 0.0443. The lowest BCUT2D eigenvalue weighted by Crippen LogP contribution is -2.06. The van der Waals surface area contributed by atoms with Crippen LogP contribution in [0.25, 0.3) is 0 Å². The van der Waals surface area contributed by atoms with Crippen LogP contribution in [0.3, 0.4) is 0 Å². The van der Waals surface area contributed by atoms with E-state index < -0.39 is 11.9 Å². The Morgan fingerprint density at radius 3 is 1.52 bits per heavy atom. The van der Waals surface area contributed by atoms with Crippen molar-refractivity contribution in [3.05, 3.63) is 32.3 Å². The third-order valence-electron chi connectivity index (χ3n) is 3.73. The number of cyclic esters (lactones) is 2. The van der Waals surface area contributed by atoms with Crippen molar-refractivity contribution >= 4 is 35.1 Å². The summed E-state index contributed by atoms with van der Waals surface area (Å²) in [5.41, 5.74) is 1.95. The number of rotatable bonds is 6. The van der Waals surface area contributed by atoms with Crippen molar-refractivity contribution in [2.45, 2.75) is 52.4 Å². The number of carbonyl (C=O) groups is 2. The van der Waals surface area contributed by atoms with E-state index in [2.05, 4.69) is 13.8 Å². The maximum Gasteiger partial charge on any atom is 0.347 e. The minimum absolute atomic E-state index is 0.328. The molecule has 0 unspecified atom stereocenters. The summed E-state index contributed by atoms with van der Waals surface area (Å²) in [6.07, 6.45) is 4.91. The van der Waals surface area contributed by atoms with E-state index in [0.29, 0.717) is 45.1 Å². The average Bonchev–Trinajstić information content (AvgIpc) is 2.74. The van der Waals surface area contributed by atoms with E-state index >= 15 is 0 Å². The molecule has 1 aliphatic rings. The molecule has 0 spiro atoms. The highest BCUT2D eigenvalue weighted by Crippen LogP contribution is 2.40. The van der Waals surface area contributed by atoms with E-state index in [1.165, 1.54) is 0 Å². The van der Waals surface area contributed by atoms with Crippen LogP contribution in [-0.4, -0.2) is 11.9 Å². The Morgan fingerprint density at radius 2 is 1.19 bits per heavy atom. The van der Waals surface area contributed by atoms with Crippen molar-refractivity contribution in [3.8, 4) is 0 Å². The Bertz CT molecular complexity index is 543. The van der Waals surface area contributed by atoms with E-state index in [4.69, 9.17) is 27.9 Å². The first-order valence-corrected chi connectivity index (χ1v) is 8.07. The molecule has 3 nitrogen and oxygen atoms in total. The molecule has 21 heavy (non-hydrogen) atoms. The standard InChI is InChI=1S/C16H18Cl2O3/c1-3-5-7-9-11-12(16(20)21-15(11)19)10(8-6-4-2)14(18)13(9)17/h3-8H2,1-2H3. The molecule has 0 aromatic heterocycles. The summed E-state index contributed by atoms with van der Waals surface area (Å²) in [5.74, 6) is -1.20. The van der Waals surface area contributed by atoms with Gasteiger partial charge >= 0.3 is 11.9 Å². The van der Waals surface area contributed by atoms with Gasteiger partial charge in [0.05, 0.1) is 21.2 Å². The molecule has 5 heteroatoms. The molecule has 1 aromatic carbocycles. The fourth-order valence-electron chi connectivity index (χ4n) is 2.60. The van der Waals surface area contributed by atoms with Crippen LogP contribution in [-0.2, 0) is 17.6 Å². The molecule has 0 radical (unpaired) electrons. The van der Waals surface area contributed by atoms with Gasteiger partial charge in [0.15, 0.2) is 0 Å². The predicted octanol–water partition coefficient (Wildman–Crippen LogP) is 4.99. The largest absolute Gasteiger partial charge is 0.386 e. The van der Waals surface area contributed by atoms with Crippen molar-refractivity contribution in [3.63, 3.8) is 0 Å². The number of ether oxygens (including phenoxy) is 1. The summed E-state index contributed by atoms with van der Waals surface area (Å²) in [4.78, 5) is 24.0. The lowest BCUT2D eigenvalue weighted by atomic mass is 9.92. The van der Waals surface area contributed by atoms with Crippen LogP contribution in [0.2, 0.25) is 10.0 Å². The summed E-state index contributed by atoms with van der Waals surface area (Å²) in [7, 11) is 0. The highest BCUT2D eigenvalue weighted by atomic mass is 35.5. The van der Waals surface area contributed by atoms with Gasteiger partial charge in [-0.05, 0) is 36.8 Å². The Hall–Kier alpha value is -1.06. The van der Waals surface area contributed by atoms with Crippen molar-refractivity contribution in [1.29, 1.82) is 0 Å². The van der Waals surface area contributed by atoms with Crippen LogP contribution in [0.5, 0.6) is 0 Å². The Labute approximate surface area is 134 Å². The van der Waals surface area contributed by atoms with Crippen LogP contribution in [0, 0.1) is 0 Å². The maximum atomic E-state index is 12.0. The van der Waals surface area contributed by atoms with Gasteiger partial charge in [-0.15, -0.1) is 0 Å². The minimum atomic E-state index is -0.600. The van der Waals surface area contributed by atoms with Crippen LogP contribution in [0.15, 0.2) is 0 Å². The first-order valence-electron chi connectivity index (χ1n) is 7.32. The second-order valence-corrected chi connectivity index (χ2v) is 5.98. The fraction of sp³-hybridized carbons (Fsp3) is 0.500. The van der Waals surface area contributed by atoms with E-state index in [0.717, 1.165) is 25.7 Å². The quantitative estimate of drug-likeness (QED) is 0.545. The van der Waals surface area contributed by atoms with Crippen LogP contribution >= 0.6 is 23.2 Å². The number of unbranched alkanes of at least 4 members (excludes halogenated alkanes) is 2. The zero-order valence-corrected chi connectivity index (χ0v) is 13.7. The third-order valence-corrected chi connectivity index (χ3v) is 4.66. The van der Waals surface area contributed by atoms with Gasteiger partial charge in [0.25, 0.3) is 0 Å². The molecule has 0 amide bonds. The third kappa shape index (κ3) is 2.95. The highest BCUT2D eigenvalue weighted by molar-refractivity contribution is 6.44. The van der Waals surface area contributed by atoms with Gasteiger partial charge in [-0.25, -0.2) is 9.59 Å². The first kappa shape index (κ1) is 16.3. The number of hydrogen-bond donors (Lipinski definition) is 0. The van der Waals surface area contributed by atoms with Gasteiger partial charge in [-0.2, -0.15) is 0 Å². The Kier molecular flexibility index (Phi) is 5.28. The molecule has 0 N–H and O–H groups in total. The molecular formula is C16H18Cl2O3. The van der Waals surface area contributed by atoms with Gasteiger partial charge in [-0.1, -0.05) is 49.9 Å². The molecular weight excluding hydrogens is 311 g/mol. The lowest BCUT2D eigenvalue weighted by Gasteiger charge is -2.14. The number of hydrogen-bond acceptors (Lipinski definition) is 3. The molecule has 1 aliphatic heterocycles. The summed E-state index contributed by atoms with van der Waals surface area (Å²) < 4.78 is 4.79. The molecule has 2 rings (SSSR count). The molecule has 0 bridgehead atoms. The Balaban J connectivity index is 2.63. The summed E-state index contributed by atoms with van der Waals surface area (Å²) in [5, 5.41) is 0.781. The summed E-state index contributed by atoms with van der Waals surface area (Å²) in [6, 6.07) is 0. The van der Waals surface area contributed by atoms with Crippen molar-refractivity contribution < 1.29 is 14.3 Å². The monoisotopic (exact) mass is 328 g/mol. The van der Waals surface area contributed by atoms with Gasteiger partial charge in [0.2, 0.25) is 0 Å². The summed E-state index contributed by atoms with van der Waals surface area (Å²) in [6.45, 7) is 4.10. The number of fused-ring (bicyclic) bond motifs is 1. The van der Waals surface area contributed by atoms with Gasteiger partial charge in [0.1, 0.15) is 0 Å². The smallest absolute Gasteiger partial charge is 0.347 e. The van der Waals surface area contributed by atoms with Crippen LogP contribution in [0.4, 0.5) is 0 Å². The fourth-order valence-corrected chi connectivity index (χ4v) is 3.21. The van der Waals surface area contributed by atoms with Gasteiger partial charge in [-0.3, -0.25) is 0 Å². The minimum Gasteiger partial charge on any atom is -0.386 e. The van der Waals surface area contributed by atoms with E-state index in [-0.39, 0.29) is 0 Å². The molecule has 0 saturated heterocycles. The molecule has 114 valence electrons. The zero-order chi connectivity index (χ0) is 15.6. The molecule has 1 aromatic rings. The highest BCUT2D eigenvalue weighted by Gasteiger charge is 2.37. The Morgan fingerprint density at radius 1 is 0.810 bits per heavy atom. The number of carbonyl (C=O) groups excluding carboxylic acids is 2. The number of benzene rings is 1. The molecule has 0 fully saturated rings. The average molecular weight is 329 g/mol. The van der Waals surface area contributed by atoms with Crippen molar-refractivity contribution in [2.24, 2.45) is 0 Å². The molecule has 0 saturated carbocycles. The predicted molar refractivity (Wildman–Crippen MR) is 83.4 cm³/mol. The summed E-state index contributed by atoms with van der Waals surface area (Å²) >= 11 is 12.7. The maximum absolute atomic E-state index is 12.0. The molecule has 1 heterocycles. The molecule has 0 aliphatic carbocycles. The number of esters is 2. The van der Waals surface area contributed by atoms with Crippen molar-refractivity contribution in [2.75, 3.05) is 0 Å². The van der Waals surface area contributed by atoms with E-state index in [9.17, 15) is 9.59 Å².